The molecule has 16 heavy (non-hydrogen) atoms. The van der Waals surface area contributed by atoms with E-state index >= 15 is 0 Å². The first-order valence-corrected chi connectivity index (χ1v) is 5.89. The molecule has 0 saturated carbocycles. The van der Waals surface area contributed by atoms with Crippen molar-refractivity contribution in [2.75, 3.05) is 13.1 Å². The highest BCUT2D eigenvalue weighted by atomic mass is 16.1. The summed E-state index contributed by atoms with van der Waals surface area (Å²) in [6.07, 6.45) is 0.588. The Hall–Kier alpha value is -0.700. The van der Waals surface area contributed by atoms with Gasteiger partial charge in [0.05, 0.1) is 13.1 Å². The van der Waals surface area contributed by atoms with Crippen LogP contribution in [0.2, 0.25) is 0 Å². The van der Waals surface area contributed by atoms with Gasteiger partial charge in [0.15, 0.2) is 0 Å². The molecule has 0 rings (SSSR count). The van der Waals surface area contributed by atoms with Crippen LogP contribution in [-0.4, -0.2) is 35.1 Å². The Bertz CT molecular complexity index is 251. The molecule has 3 heteroatoms. The maximum absolute atomic E-state index is 11.7. The molecule has 0 aliphatic carbocycles. The molecule has 94 valence electrons. The first-order chi connectivity index (χ1) is 7.12. The van der Waals surface area contributed by atoms with Crippen LogP contribution in [0.3, 0.4) is 0 Å². The molecule has 0 fully saturated rings. The van der Waals surface area contributed by atoms with E-state index in [-0.39, 0.29) is 17.1 Å². The van der Waals surface area contributed by atoms with Crippen LogP contribution in [0, 0.1) is 5.92 Å². The van der Waals surface area contributed by atoms with Gasteiger partial charge in [-0.05, 0) is 33.6 Å². The van der Waals surface area contributed by atoms with Gasteiger partial charge < -0.3 is 0 Å². The van der Waals surface area contributed by atoms with Gasteiger partial charge in [0.25, 0.3) is 0 Å². The molecular weight excluding hydrogens is 202 g/mol. The predicted octanol–water partition coefficient (Wildman–Crippen LogP) is 2.29. The van der Waals surface area contributed by atoms with Crippen molar-refractivity contribution in [1.82, 2.24) is 4.90 Å². The summed E-state index contributed by atoms with van der Waals surface area (Å²) in [4.78, 5) is 24.8. The number of carbonyl (C=O) groups excluding carboxylic acids is 2. The molecule has 0 aromatic heterocycles. The molecule has 0 N–H and O–H groups in total. The molecule has 0 aliphatic heterocycles. The summed E-state index contributed by atoms with van der Waals surface area (Å²) in [7, 11) is 0. The molecule has 3 nitrogen and oxygen atoms in total. The first kappa shape index (κ1) is 15.3. The van der Waals surface area contributed by atoms with Gasteiger partial charge in [0.1, 0.15) is 11.6 Å². The fourth-order valence-corrected chi connectivity index (χ4v) is 1.53. The molecule has 0 aliphatic rings. The van der Waals surface area contributed by atoms with E-state index in [1.165, 1.54) is 0 Å². The zero-order valence-electron chi connectivity index (χ0n) is 11.5. The third-order valence-electron chi connectivity index (χ3n) is 2.37. The molecule has 0 spiro atoms. The molecular formula is C13H25NO2. The lowest BCUT2D eigenvalue weighted by Crippen LogP contribution is -2.46. The van der Waals surface area contributed by atoms with Crippen molar-refractivity contribution in [2.45, 2.75) is 53.5 Å². The third kappa shape index (κ3) is 6.72. The largest absolute Gasteiger partial charge is 0.299 e. The minimum Gasteiger partial charge on any atom is -0.299 e. The summed E-state index contributed by atoms with van der Waals surface area (Å²) in [6.45, 7) is 12.4. The number of hydrogen-bond donors (Lipinski definition) is 0. The van der Waals surface area contributed by atoms with Crippen LogP contribution in [-0.2, 0) is 9.59 Å². The Morgan fingerprint density at radius 2 is 1.62 bits per heavy atom. The quantitative estimate of drug-likeness (QED) is 0.698. The third-order valence-corrected chi connectivity index (χ3v) is 2.37. The fraction of sp³-hybridized carbons (Fsp3) is 0.846. The van der Waals surface area contributed by atoms with E-state index in [0.717, 1.165) is 0 Å². The van der Waals surface area contributed by atoms with E-state index < -0.39 is 0 Å². The van der Waals surface area contributed by atoms with Gasteiger partial charge in [0, 0.05) is 12.0 Å². The Balaban J connectivity index is 4.44. The van der Waals surface area contributed by atoms with Crippen LogP contribution >= 0.6 is 0 Å². The molecule has 0 bridgehead atoms. The second-order valence-electron chi connectivity index (χ2n) is 5.87. The smallest absolute Gasteiger partial charge is 0.147 e. The molecule has 0 aromatic rings. The Morgan fingerprint density at radius 1 is 1.12 bits per heavy atom. The Labute approximate surface area is 99.2 Å². The van der Waals surface area contributed by atoms with E-state index in [1.54, 1.807) is 6.92 Å². The van der Waals surface area contributed by atoms with E-state index in [9.17, 15) is 9.59 Å². The Morgan fingerprint density at radius 3 is 1.94 bits per heavy atom. The number of nitrogens with zero attached hydrogens (tertiary/aromatic N) is 1. The van der Waals surface area contributed by atoms with Crippen LogP contribution in [0.15, 0.2) is 0 Å². The van der Waals surface area contributed by atoms with Gasteiger partial charge in [-0.15, -0.1) is 0 Å². The van der Waals surface area contributed by atoms with Crippen LogP contribution in [0.1, 0.15) is 48.0 Å². The summed E-state index contributed by atoms with van der Waals surface area (Å²) >= 11 is 0. The molecule has 0 radical (unpaired) electrons. The van der Waals surface area contributed by atoms with Gasteiger partial charge in [-0.1, -0.05) is 13.8 Å². The number of Topliss-reactive ketones (excluding diaryl/α,β-unsaturated/α-hetero) is 2. The standard InChI is InChI=1S/C13H25NO2/c1-10(2)7-12(16)9-14(8-11(3)15)13(4,5)6/h10H,7-9H2,1-6H3. The average molecular weight is 227 g/mol. The van der Waals surface area contributed by atoms with Crippen LogP contribution in [0.5, 0.6) is 0 Å². The molecule has 0 heterocycles. The van der Waals surface area contributed by atoms with E-state index in [4.69, 9.17) is 0 Å². The highest BCUT2D eigenvalue weighted by Crippen LogP contribution is 2.14. The van der Waals surface area contributed by atoms with Crippen molar-refractivity contribution in [1.29, 1.82) is 0 Å². The molecule has 0 amide bonds. The first-order valence-electron chi connectivity index (χ1n) is 5.89. The number of hydrogen-bond acceptors (Lipinski definition) is 3. The summed E-state index contributed by atoms with van der Waals surface area (Å²) in [5, 5.41) is 0. The van der Waals surface area contributed by atoms with Crippen molar-refractivity contribution in [2.24, 2.45) is 5.92 Å². The highest BCUT2D eigenvalue weighted by molar-refractivity contribution is 5.82. The lowest BCUT2D eigenvalue weighted by atomic mass is 10.0. The van der Waals surface area contributed by atoms with Crippen molar-refractivity contribution >= 4 is 11.6 Å². The van der Waals surface area contributed by atoms with Gasteiger partial charge >= 0.3 is 0 Å². The number of ketones is 2. The topological polar surface area (TPSA) is 37.4 Å². The molecule has 0 saturated heterocycles. The summed E-state index contributed by atoms with van der Waals surface area (Å²) in [5.74, 6) is 0.699. The Kier molecular flexibility index (Phi) is 5.87. The van der Waals surface area contributed by atoms with E-state index in [2.05, 4.69) is 0 Å². The van der Waals surface area contributed by atoms with Crippen molar-refractivity contribution in [3.05, 3.63) is 0 Å². The zero-order valence-corrected chi connectivity index (χ0v) is 11.5. The second-order valence-corrected chi connectivity index (χ2v) is 5.87. The van der Waals surface area contributed by atoms with Gasteiger partial charge in [-0.3, -0.25) is 14.5 Å². The summed E-state index contributed by atoms with van der Waals surface area (Å²) in [5.41, 5.74) is -0.141. The molecule has 0 atom stereocenters. The van der Waals surface area contributed by atoms with Gasteiger partial charge in [-0.25, -0.2) is 0 Å². The lowest BCUT2D eigenvalue weighted by molar-refractivity contribution is -0.124. The van der Waals surface area contributed by atoms with E-state index in [0.29, 0.717) is 25.4 Å². The lowest BCUT2D eigenvalue weighted by Gasteiger charge is -2.34. The maximum atomic E-state index is 11.7. The SMILES string of the molecule is CC(=O)CN(CC(=O)CC(C)C)C(C)(C)C. The monoisotopic (exact) mass is 227 g/mol. The van der Waals surface area contributed by atoms with Gasteiger partial charge in [-0.2, -0.15) is 0 Å². The zero-order chi connectivity index (χ0) is 12.9. The average Bonchev–Trinajstić information content (AvgIpc) is 1.98. The van der Waals surface area contributed by atoms with E-state index in [1.807, 2.05) is 39.5 Å². The van der Waals surface area contributed by atoms with Crippen molar-refractivity contribution in [3.63, 3.8) is 0 Å². The van der Waals surface area contributed by atoms with Crippen molar-refractivity contribution < 1.29 is 9.59 Å². The fourth-order valence-electron chi connectivity index (χ4n) is 1.53. The minimum atomic E-state index is -0.141. The normalized spacial score (nSPS) is 12.2. The second kappa shape index (κ2) is 6.14. The summed E-state index contributed by atoms with van der Waals surface area (Å²) < 4.78 is 0. The predicted molar refractivity (Wildman–Crippen MR) is 66.5 cm³/mol. The van der Waals surface area contributed by atoms with Gasteiger partial charge in [0.2, 0.25) is 0 Å². The molecule has 0 unspecified atom stereocenters. The highest BCUT2D eigenvalue weighted by Gasteiger charge is 2.24. The van der Waals surface area contributed by atoms with Crippen LogP contribution in [0.25, 0.3) is 0 Å². The van der Waals surface area contributed by atoms with Crippen LogP contribution < -0.4 is 0 Å². The van der Waals surface area contributed by atoms with Crippen LogP contribution in [0.4, 0.5) is 0 Å². The number of rotatable bonds is 6. The molecule has 0 aromatic carbocycles. The summed E-state index contributed by atoms with van der Waals surface area (Å²) in [6, 6.07) is 0. The number of carbonyl (C=O) groups is 2. The minimum absolute atomic E-state index is 0.104. The maximum Gasteiger partial charge on any atom is 0.147 e. The van der Waals surface area contributed by atoms with Crippen molar-refractivity contribution in [3.8, 4) is 0 Å².